The lowest BCUT2D eigenvalue weighted by atomic mass is 10.0. The van der Waals surface area contributed by atoms with Crippen LogP contribution in [0.25, 0.3) is 0 Å². The molecule has 0 N–H and O–H groups in total. The Hall–Kier alpha value is -3.29. The maximum Gasteiger partial charge on any atom is 0.303 e. The molecule has 37 heavy (non-hydrogen) atoms. The second-order valence-electron chi connectivity index (χ2n) is 8.97. The number of esters is 1. The van der Waals surface area contributed by atoms with Crippen molar-refractivity contribution in [3.63, 3.8) is 0 Å². The van der Waals surface area contributed by atoms with Gasteiger partial charge in [-0.25, -0.2) is 0 Å². The predicted molar refractivity (Wildman–Crippen MR) is 141 cm³/mol. The fourth-order valence-electron chi connectivity index (χ4n) is 4.39. The molecule has 5 atom stereocenters. The summed E-state index contributed by atoms with van der Waals surface area (Å²) in [6.07, 6.45) is -0.983. The number of hydrogen-bond donors (Lipinski definition) is 0. The van der Waals surface area contributed by atoms with Crippen LogP contribution in [0.5, 0.6) is 0 Å². The van der Waals surface area contributed by atoms with Crippen molar-refractivity contribution in [1.29, 1.82) is 0 Å². The predicted octanol–water partition coefficient (Wildman–Crippen LogP) is 5.26. The molecule has 6 nitrogen and oxygen atoms in total. The van der Waals surface area contributed by atoms with Gasteiger partial charge < -0.3 is 23.7 Å². The molecule has 1 saturated heterocycles. The Labute approximate surface area is 218 Å². The fraction of sp³-hybridized carbons (Fsp3) is 0.323. The number of ether oxygens (including phenoxy) is 5. The van der Waals surface area contributed by atoms with Gasteiger partial charge in [0.05, 0.1) is 26.4 Å². The van der Waals surface area contributed by atoms with Crippen LogP contribution in [0, 0.1) is 0 Å². The molecule has 194 valence electrons. The zero-order valence-corrected chi connectivity index (χ0v) is 21.1. The largest absolute Gasteiger partial charge is 0.457 e. The van der Waals surface area contributed by atoms with E-state index in [0.29, 0.717) is 19.8 Å². The highest BCUT2D eigenvalue weighted by Crippen LogP contribution is 2.32. The lowest BCUT2D eigenvalue weighted by Gasteiger charge is -2.29. The van der Waals surface area contributed by atoms with E-state index in [9.17, 15) is 4.79 Å². The molecule has 0 aromatic heterocycles. The zero-order valence-electron chi connectivity index (χ0n) is 21.1. The molecule has 0 radical (unpaired) electrons. The number of rotatable bonds is 13. The van der Waals surface area contributed by atoms with Crippen molar-refractivity contribution in [3.8, 4) is 0 Å². The van der Waals surface area contributed by atoms with E-state index < -0.39 is 36.5 Å². The van der Waals surface area contributed by atoms with E-state index in [-0.39, 0.29) is 6.61 Å². The number of benzene rings is 3. The molecule has 1 aliphatic rings. The smallest absolute Gasteiger partial charge is 0.303 e. The van der Waals surface area contributed by atoms with Crippen LogP contribution >= 0.6 is 0 Å². The average molecular weight is 503 g/mol. The summed E-state index contributed by atoms with van der Waals surface area (Å²) in [4.78, 5) is 12.0. The van der Waals surface area contributed by atoms with E-state index in [1.165, 1.54) is 6.92 Å². The average Bonchev–Trinajstić information content (AvgIpc) is 3.29. The van der Waals surface area contributed by atoms with Gasteiger partial charge in [-0.05, 0) is 16.7 Å². The topological polar surface area (TPSA) is 63.2 Å². The van der Waals surface area contributed by atoms with Gasteiger partial charge in [-0.1, -0.05) is 97.1 Å². The highest BCUT2D eigenvalue weighted by molar-refractivity contribution is 5.66. The van der Waals surface area contributed by atoms with Gasteiger partial charge in [0.1, 0.15) is 24.4 Å². The van der Waals surface area contributed by atoms with Crippen LogP contribution in [0.1, 0.15) is 23.6 Å². The van der Waals surface area contributed by atoms with Gasteiger partial charge in [0, 0.05) is 6.92 Å². The molecule has 0 amide bonds. The first-order valence-electron chi connectivity index (χ1n) is 12.5. The second-order valence-corrected chi connectivity index (χ2v) is 8.97. The Morgan fingerprint density at radius 3 is 1.78 bits per heavy atom. The Morgan fingerprint density at radius 2 is 1.30 bits per heavy atom. The van der Waals surface area contributed by atoms with E-state index in [4.69, 9.17) is 23.7 Å². The normalized spacial score (nSPS) is 21.9. The molecule has 0 unspecified atom stereocenters. The summed E-state index contributed by atoms with van der Waals surface area (Å²) in [6, 6.07) is 29.7. The van der Waals surface area contributed by atoms with Crippen molar-refractivity contribution in [2.45, 2.75) is 57.3 Å². The van der Waals surface area contributed by atoms with Crippen LogP contribution in [0.3, 0.4) is 0 Å². The minimum Gasteiger partial charge on any atom is -0.457 e. The van der Waals surface area contributed by atoms with Gasteiger partial charge in [-0.2, -0.15) is 0 Å². The summed E-state index contributed by atoms with van der Waals surface area (Å²) >= 11 is 0. The SMILES string of the molecule is C=C[C@H]1O[C@@H]([C@@H](COCc2ccccc2)OC(C)=O)[C@H](OCc2ccccc2)[C@H]1OCc1ccccc1. The Morgan fingerprint density at radius 1 is 0.811 bits per heavy atom. The fourth-order valence-corrected chi connectivity index (χ4v) is 4.39. The molecule has 1 aliphatic heterocycles. The molecular weight excluding hydrogens is 468 g/mol. The molecule has 3 aromatic rings. The van der Waals surface area contributed by atoms with Crippen molar-refractivity contribution in [2.24, 2.45) is 0 Å². The van der Waals surface area contributed by atoms with Crippen LogP contribution < -0.4 is 0 Å². The Bertz CT molecular complexity index is 1090. The lowest BCUT2D eigenvalue weighted by molar-refractivity contribution is -0.167. The molecular formula is C31H34O6. The van der Waals surface area contributed by atoms with E-state index in [0.717, 1.165) is 16.7 Å². The van der Waals surface area contributed by atoms with E-state index in [1.54, 1.807) is 6.08 Å². The monoisotopic (exact) mass is 502 g/mol. The van der Waals surface area contributed by atoms with E-state index in [1.807, 2.05) is 91.0 Å². The molecule has 1 fully saturated rings. The quantitative estimate of drug-likeness (QED) is 0.235. The van der Waals surface area contributed by atoms with E-state index >= 15 is 0 Å². The molecule has 4 rings (SSSR count). The van der Waals surface area contributed by atoms with Crippen molar-refractivity contribution in [3.05, 3.63) is 120 Å². The van der Waals surface area contributed by atoms with Crippen LogP contribution in [0.15, 0.2) is 104 Å². The lowest BCUT2D eigenvalue weighted by Crippen LogP contribution is -2.45. The van der Waals surface area contributed by atoms with Crippen LogP contribution in [-0.4, -0.2) is 43.1 Å². The van der Waals surface area contributed by atoms with Crippen molar-refractivity contribution >= 4 is 5.97 Å². The summed E-state index contributed by atoms with van der Waals surface area (Å²) in [6.45, 7) is 6.63. The van der Waals surface area contributed by atoms with Gasteiger partial charge in [0.25, 0.3) is 0 Å². The number of hydrogen-bond acceptors (Lipinski definition) is 6. The molecule has 3 aromatic carbocycles. The van der Waals surface area contributed by atoms with E-state index in [2.05, 4.69) is 6.58 Å². The summed E-state index contributed by atoms with van der Waals surface area (Å²) in [5.74, 6) is -0.414. The maximum atomic E-state index is 12.0. The summed E-state index contributed by atoms with van der Waals surface area (Å²) in [5, 5.41) is 0. The third-order valence-corrected chi connectivity index (χ3v) is 6.17. The molecule has 0 saturated carbocycles. The third-order valence-electron chi connectivity index (χ3n) is 6.17. The molecule has 0 aliphatic carbocycles. The van der Waals surface area contributed by atoms with Crippen molar-refractivity contribution < 1.29 is 28.5 Å². The van der Waals surface area contributed by atoms with Gasteiger partial charge >= 0.3 is 5.97 Å². The van der Waals surface area contributed by atoms with Crippen molar-refractivity contribution in [1.82, 2.24) is 0 Å². The summed E-state index contributed by atoms with van der Waals surface area (Å²) in [7, 11) is 0. The molecule has 0 spiro atoms. The van der Waals surface area contributed by atoms with Crippen LogP contribution in [-0.2, 0) is 48.3 Å². The second kappa shape index (κ2) is 13.9. The van der Waals surface area contributed by atoms with Crippen molar-refractivity contribution in [2.75, 3.05) is 6.61 Å². The first kappa shape index (κ1) is 26.8. The Kier molecular flexibility index (Phi) is 10.0. The first-order valence-corrected chi connectivity index (χ1v) is 12.5. The standard InChI is InChI=1S/C31H34O6/c1-3-27-29(34-20-25-15-9-5-10-16-25)31(35-21-26-17-11-6-12-18-26)30(37-27)28(36-23(2)32)22-33-19-24-13-7-4-8-14-24/h3-18,27-31H,1,19-22H2,2H3/t27-,28-,29+,30+,31-/m1/s1. The number of carbonyl (C=O) groups is 1. The third kappa shape index (κ3) is 7.84. The minimum absolute atomic E-state index is 0.152. The summed E-state index contributed by atoms with van der Waals surface area (Å²) in [5.41, 5.74) is 3.09. The van der Waals surface area contributed by atoms with Crippen LogP contribution in [0.4, 0.5) is 0 Å². The van der Waals surface area contributed by atoms with Crippen LogP contribution in [0.2, 0.25) is 0 Å². The van der Waals surface area contributed by atoms with Gasteiger partial charge in [0.15, 0.2) is 6.10 Å². The number of carbonyl (C=O) groups excluding carboxylic acids is 1. The van der Waals surface area contributed by atoms with Gasteiger partial charge in [-0.15, -0.1) is 6.58 Å². The highest BCUT2D eigenvalue weighted by atomic mass is 16.6. The molecule has 0 bridgehead atoms. The summed E-state index contributed by atoms with van der Waals surface area (Å²) < 4.78 is 30.8. The Balaban J connectivity index is 1.52. The highest BCUT2D eigenvalue weighted by Gasteiger charge is 2.49. The molecule has 6 heteroatoms. The zero-order chi connectivity index (χ0) is 25.9. The minimum atomic E-state index is -0.685. The first-order chi connectivity index (χ1) is 18.1. The maximum absolute atomic E-state index is 12.0. The van der Waals surface area contributed by atoms with Gasteiger partial charge in [0.2, 0.25) is 0 Å². The molecule has 1 heterocycles. The van der Waals surface area contributed by atoms with Gasteiger partial charge in [-0.3, -0.25) is 4.79 Å².